The number of fused-ring (bicyclic) bond motifs is 2. The van der Waals surface area contributed by atoms with E-state index in [1.54, 1.807) is 26.0 Å². The Balaban J connectivity index is 0.000000183. The van der Waals surface area contributed by atoms with Crippen molar-refractivity contribution in [3.63, 3.8) is 0 Å². The Bertz CT molecular complexity index is 1070. The van der Waals surface area contributed by atoms with Gasteiger partial charge in [0.05, 0.1) is 28.9 Å². The van der Waals surface area contributed by atoms with Crippen LogP contribution in [0, 0.1) is 22.7 Å². The molecule has 0 radical (unpaired) electrons. The first-order valence-electron chi connectivity index (χ1n) is 10.7. The van der Waals surface area contributed by atoms with Gasteiger partial charge in [0.15, 0.2) is 0 Å². The van der Waals surface area contributed by atoms with E-state index in [2.05, 4.69) is 22.2 Å². The minimum atomic E-state index is -0.921. The second-order valence-electron chi connectivity index (χ2n) is 8.47. The van der Waals surface area contributed by atoms with E-state index in [9.17, 15) is 15.2 Å². The Morgan fingerprint density at radius 2 is 1.59 bits per heavy atom. The van der Waals surface area contributed by atoms with Gasteiger partial charge in [-0.05, 0) is 117 Å². The molecule has 1 amide bonds. The Morgan fingerprint density at radius 1 is 1.00 bits per heavy atom. The third kappa shape index (κ3) is 4.97. The number of nitrogens with one attached hydrogen (secondary N) is 2. The SMILES string of the molecule is CNSc1cc(C#N)cc(C(C)(C)O)c1.N#Cc1c2c(c(NC=O)c3c1CCC3)CCC2. The van der Waals surface area contributed by atoms with Crippen LogP contribution in [0.1, 0.15) is 65.6 Å². The van der Waals surface area contributed by atoms with Gasteiger partial charge in [-0.1, -0.05) is 0 Å². The molecule has 0 aromatic heterocycles. The van der Waals surface area contributed by atoms with Gasteiger partial charge in [0.2, 0.25) is 6.41 Å². The van der Waals surface area contributed by atoms with Crippen LogP contribution in [0.25, 0.3) is 0 Å². The predicted octanol–water partition coefficient (Wildman–Crippen LogP) is 4.12. The van der Waals surface area contributed by atoms with Crippen molar-refractivity contribution in [2.75, 3.05) is 12.4 Å². The van der Waals surface area contributed by atoms with E-state index in [4.69, 9.17) is 5.26 Å². The van der Waals surface area contributed by atoms with Gasteiger partial charge < -0.3 is 10.4 Å². The maximum Gasteiger partial charge on any atom is 0.211 e. The molecule has 4 rings (SSSR count). The Labute approximate surface area is 193 Å². The molecular weight excluding hydrogens is 420 g/mol. The minimum Gasteiger partial charge on any atom is -0.386 e. The molecular formula is C25H28N4O2S. The van der Waals surface area contributed by atoms with E-state index in [0.29, 0.717) is 5.56 Å². The molecule has 6 nitrogen and oxygen atoms in total. The van der Waals surface area contributed by atoms with E-state index in [1.807, 2.05) is 13.1 Å². The summed E-state index contributed by atoms with van der Waals surface area (Å²) in [6.07, 6.45) is 6.92. The number of rotatable bonds is 5. The lowest BCUT2D eigenvalue weighted by Crippen LogP contribution is -2.15. The average molecular weight is 449 g/mol. The first-order chi connectivity index (χ1) is 15.3. The van der Waals surface area contributed by atoms with E-state index < -0.39 is 5.60 Å². The first kappa shape index (κ1) is 23.8. The summed E-state index contributed by atoms with van der Waals surface area (Å²) in [6.45, 7) is 3.41. The highest BCUT2D eigenvalue weighted by atomic mass is 32.2. The number of nitriles is 2. The van der Waals surface area contributed by atoms with Gasteiger partial charge in [-0.25, -0.2) is 0 Å². The van der Waals surface area contributed by atoms with Crippen LogP contribution in [0.5, 0.6) is 0 Å². The van der Waals surface area contributed by atoms with Crippen LogP contribution >= 0.6 is 11.9 Å². The average Bonchev–Trinajstić information content (AvgIpc) is 3.44. The number of nitrogens with zero attached hydrogens (tertiary/aromatic N) is 2. The Hall–Kier alpha value is -2.84. The number of hydrogen-bond acceptors (Lipinski definition) is 6. The lowest BCUT2D eigenvalue weighted by molar-refractivity contribution is -0.105. The first-order valence-corrected chi connectivity index (χ1v) is 11.6. The van der Waals surface area contributed by atoms with Gasteiger partial charge in [0.25, 0.3) is 0 Å². The van der Waals surface area contributed by atoms with Crippen molar-refractivity contribution in [2.24, 2.45) is 0 Å². The number of hydrogen-bond donors (Lipinski definition) is 3. The lowest BCUT2D eigenvalue weighted by atomic mass is 9.93. The van der Waals surface area contributed by atoms with Gasteiger partial charge in [-0.15, -0.1) is 0 Å². The predicted molar refractivity (Wildman–Crippen MR) is 126 cm³/mol. The quantitative estimate of drug-likeness (QED) is 0.469. The van der Waals surface area contributed by atoms with Crippen LogP contribution in [0.4, 0.5) is 5.69 Å². The molecule has 7 heteroatoms. The molecule has 3 N–H and O–H groups in total. The van der Waals surface area contributed by atoms with Crippen LogP contribution in [0.3, 0.4) is 0 Å². The summed E-state index contributed by atoms with van der Waals surface area (Å²) in [7, 11) is 1.81. The number of aliphatic hydroxyl groups is 1. The Morgan fingerprint density at radius 3 is 2.06 bits per heavy atom. The second kappa shape index (κ2) is 10.2. The normalized spacial score (nSPS) is 13.8. The third-order valence-electron chi connectivity index (χ3n) is 5.92. The highest BCUT2D eigenvalue weighted by molar-refractivity contribution is 7.97. The molecule has 0 spiro atoms. The van der Waals surface area contributed by atoms with Crippen LogP contribution < -0.4 is 10.0 Å². The lowest BCUT2D eigenvalue weighted by Gasteiger charge is -2.18. The second-order valence-corrected chi connectivity index (χ2v) is 9.55. The Kier molecular flexibility index (Phi) is 7.58. The van der Waals surface area contributed by atoms with Crippen molar-refractivity contribution in [2.45, 2.75) is 62.9 Å². The summed E-state index contributed by atoms with van der Waals surface area (Å²) in [6, 6.07) is 9.84. The zero-order valence-electron chi connectivity index (χ0n) is 18.7. The molecule has 2 aliphatic carbocycles. The van der Waals surface area contributed by atoms with Crippen LogP contribution in [0.15, 0.2) is 23.1 Å². The molecule has 2 aromatic rings. The fraction of sp³-hybridized carbons (Fsp3) is 0.400. The third-order valence-corrected chi connectivity index (χ3v) is 6.60. The topological polar surface area (TPSA) is 109 Å². The molecule has 0 aliphatic heterocycles. The summed E-state index contributed by atoms with van der Waals surface area (Å²) in [5.41, 5.74) is 7.13. The van der Waals surface area contributed by atoms with Gasteiger partial charge in [-0.3, -0.25) is 9.52 Å². The summed E-state index contributed by atoms with van der Waals surface area (Å²) in [5, 5.41) is 30.9. The van der Waals surface area contributed by atoms with Gasteiger partial charge in [-0.2, -0.15) is 10.5 Å². The van der Waals surface area contributed by atoms with Crippen molar-refractivity contribution >= 4 is 24.0 Å². The molecule has 0 unspecified atom stereocenters. The molecule has 0 saturated heterocycles. The maximum atomic E-state index is 10.8. The van der Waals surface area contributed by atoms with Crippen LogP contribution in [0.2, 0.25) is 0 Å². The number of carbonyl (C=O) groups excluding carboxylic acids is 1. The maximum absolute atomic E-state index is 10.8. The summed E-state index contributed by atoms with van der Waals surface area (Å²) < 4.78 is 2.94. The molecule has 0 atom stereocenters. The van der Waals surface area contributed by atoms with Crippen molar-refractivity contribution in [3.05, 3.63) is 57.1 Å². The highest BCUT2D eigenvalue weighted by Crippen LogP contribution is 2.41. The fourth-order valence-corrected chi connectivity index (χ4v) is 5.12. The number of anilines is 1. The molecule has 0 bridgehead atoms. The van der Waals surface area contributed by atoms with Crippen molar-refractivity contribution in [3.8, 4) is 12.1 Å². The van der Waals surface area contributed by atoms with Gasteiger partial charge in [0.1, 0.15) is 0 Å². The molecule has 32 heavy (non-hydrogen) atoms. The monoisotopic (exact) mass is 448 g/mol. The molecule has 2 aliphatic rings. The van der Waals surface area contributed by atoms with E-state index in [-0.39, 0.29) is 0 Å². The highest BCUT2D eigenvalue weighted by Gasteiger charge is 2.28. The van der Waals surface area contributed by atoms with Crippen molar-refractivity contribution in [1.29, 1.82) is 10.5 Å². The molecule has 0 saturated carbocycles. The minimum absolute atomic E-state index is 0.562. The summed E-state index contributed by atoms with van der Waals surface area (Å²) in [4.78, 5) is 11.7. The van der Waals surface area contributed by atoms with Crippen molar-refractivity contribution < 1.29 is 9.90 Å². The van der Waals surface area contributed by atoms with Crippen LogP contribution in [-0.4, -0.2) is 18.6 Å². The van der Waals surface area contributed by atoms with Crippen LogP contribution in [-0.2, 0) is 36.1 Å². The zero-order chi connectivity index (χ0) is 23.3. The smallest absolute Gasteiger partial charge is 0.211 e. The van der Waals surface area contributed by atoms with E-state index in [1.165, 1.54) is 34.2 Å². The largest absolute Gasteiger partial charge is 0.386 e. The molecule has 0 heterocycles. The van der Waals surface area contributed by atoms with Gasteiger partial charge >= 0.3 is 0 Å². The standard InChI is InChI=1S/C14H14N2O.C11H14N2OS/c15-7-13-9-3-1-5-11(9)14(16-8-17)12-6-2-4-10(12)13;1-11(2,14)9-4-8(7-12)5-10(6-9)15-13-3/h8H,1-6H2,(H,16,17);4-6,13-14H,1-3H3. The number of amides is 1. The number of benzene rings is 2. The fourth-order valence-electron chi connectivity index (χ4n) is 4.52. The van der Waals surface area contributed by atoms with E-state index in [0.717, 1.165) is 66.6 Å². The summed E-state index contributed by atoms with van der Waals surface area (Å²) in [5.74, 6) is 0. The molecule has 166 valence electrons. The van der Waals surface area contributed by atoms with Crippen molar-refractivity contribution in [1.82, 2.24) is 4.72 Å². The zero-order valence-corrected chi connectivity index (χ0v) is 19.5. The van der Waals surface area contributed by atoms with Gasteiger partial charge in [0, 0.05) is 10.6 Å². The van der Waals surface area contributed by atoms with E-state index >= 15 is 0 Å². The molecule has 0 fully saturated rings. The number of carbonyl (C=O) groups is 1. The molecule has 2 aromatic carbocycles. The summed E-state index contributed by atoms with van der Waals surface area (Å²) >= 11 is 1.42.